The number of hydrogen-bond donors (Lipinski definition) is 1. The minimum atomic E-state index is -3.93. The second-order valence-electron chi connectivity index (χ2n) is 17.5. The fraction of sp³-hybridized carbons (Fsp3) is 0.643. The van der Waals surface area contributed by atoms with E-state index in [4.69, 9.17) is 26.1 Å². The van der Waals surface area contributed by atoms with Crippen molar-refractivity contribution < 1.29 is 37.1 Å². The third-order valence-electron chi connectivity index (χ3n) is 13.2. The maximum Gasteiger partial charge on any atom is 0.307 e. The maximum absolute atomic E-state index is 14.8. The van der Waals surface area contributed by atoms with Crippen molar-refractivity contribution in [2.75, 3.05) is 6.54 Å². The van der Waals surface area contributed by atoms with Crippen LogP contribution in [-0.4, -0.2) is 70.4 Å². The Morgan fingerprint density at radius 3 is 2.56 bits per heavy atom. The van der Waals surface area contributed by atoms with Crippen molar-refractivity contribution in [2.24, 2.45) is 17.3 Å². The number of halogens is 1. The molecule has 8 rings (SSSR count). The summed E-state index contributed by atoms with van der Waals surface area (Å²) in [4.78, 5) is 63.2. The normalized spacial score (nSPS) is 31.3. The predicted octanol–water partition coefficient (Wildman–Crippen LogP) is 7.08. The van der Waals surface area contributed by atoms with E-state index in [-0.39, 0.29) is 50.8 Å². The van der Waals surface area contributed by atoms with Crippen LogP contribution in [0.25, 0.3) is 10.9 Å². The van der Waals surface area contributed by atoms with E-state index in [1.165, 1.54) is 0 Å². The Morgan fingerprint density at radius 2 is 1.84 bits per heavy atom. The standard InChI is InChI=1S/C41H50ClN3O8S.CH4/c1-25-35-29(30-20-28(42)11-12-31(30)43-25)13-14-40(53-35)22-32-33(46)23-41(37(49)44-54(50,51)39(3)17-18-39)21-27(41)10-8-6-4-5-7-9-26(36(48)45(32)24-40)19-34(47)52-38(2)15-16-38;/h8,10-12,20,26-27,32H,4-7,9,13-19,21-24H2,1-3H3,(H,44,49);1H4/b10-8-;/t26-,27-,32+,40-,41-;/m1./s1. The highest BCUT2D eigenvalue weighted by atomic mass is 35.5. The van der Waals surface area contributed by atoms with Crippen LogP contribution in [0.4, 0.5) is 0 Å². The number of amides is 2. The van der Waals surface area contributed by atoms with Gasteiger partial charge in [-0.25, -0.2) is 13.4 Å². The van der Waals surface area contributed by atoms with Crippen molar-refractivity contribution >= 4 is 56.1 Å². The van der Waals surface area contributed by atoms with Gasteiger partial charge in [0.1, 0.15) is 17.0 Å². The number of fused-ring (bicyclic) bond motifs is 5. The van der Waals surface area contributed by atoms with Crippen molar-refractivity contribution in [2.45, 2.75) is 147 Å². The molecule has 2 amide bonds. The summed E-state index contributed by atoms with van der Waals surface area (Å²) in [5, 5.41) is 1.49. The number of sulfonamides is 1. The number of ketones is 1. The fourth-order valence-electron chi connectivity index (χ4n) is 8.93. The highest BCUT2D eigenvalue weighted by molar-refractivity contribution is 7.91. The lowest BCUT2D eigenvalue weighted by molar-refractivity contribution is -0.155. The molecule has 298 valence electrons. The van der Waals surface area contributed by atoms with Crippen LogP contribution >= 0.6 is 11.6 Å². The quantitative estimate of drug-likeness (QED) is 0.239. The highest BCUT2D eigenvalue weighted by Gasteiger charge is 2.63. The molecule has 11 nitrogen and oxygen atoms in total. The Labute approximate surface area is 329 Å². The van der Waals surface area contributed by atoms with Crippen LogP contribution in [0, 0.1) is 24.2 Å². The van der Waals surface area contributed by atoms with Crippen LogP contribution in [0.15, 0.2) is 30.4 Å². The Bertz CT molecular complexity index is 2080. The molecule has 55 heavy (non-hydrogen) atoms. The summed E-state index contributed by atoms with van der Waals surface area (Å²) >= 11 is 6.40. The van der Waals surface area contributed by atoms with Crippen molar-refractivity contribution in [3.05, 3.63) is 46.6 Å². The van der Waals surface area contributed by atoms with Gasteiger partial charge in [0.05, 0.1) is 40.4 Å². The number of esters is 1. The molecule has 4 fully saturated rings. The largest absolute Gasteiger partial charge is 0.483 e. The first-order valence-corrected chi connectivity index (χ1v) is 21.5. The van der Waals surface area contributed by atoms with Crippen LogP contribution < -0.4 is 9.46 Å². The third-order valence-corrected chi connectivity index (χ3v) is 15.5. The number of aryl methyl sites for hydroxylation is 2. The molecule has 1 aromatic carbocycles. The molecule has 5 atom stereocenters. The molecule has 3 saturated carbocycles. The number of allylic oxidation sites excluding steroid dienone is 2. The summed E-state index contributed by atoms with van der Waals surface area (Å²) < 4.78 is 40.5. The SMILES string of the molecule is C.Cc1nc2ccc(Cl)cc2c2c1O[C@]1(CC2)C[C@H]2C(=O)C[C@]3(C(=O)NS(=O)(=O)C4(C)CC4)C[C@H]3/C=C\CCCCC[C@H](CC(=O)OC3(C)CC3)C(=O)N2C1. The summed E-state index contributed by atoms with van der Waals surface area (Å²) in [6.07, 6.45) is 11.6. The number of carbonyl (C=O) groups is 4. The van der Waals surface area contributed by atoms with E-state index >= 15 is 0 Å². The Hall–Kier alpha value is -3.51. The van der Waals surface area contributed by atoms with Gasteiger partial charge >= 0.3 is 5.97 Å². The van der Waals surface area contributed by atoms with Gasteiger partial charge in [-0.3, -0.25) is 23.9 Å². The number of Topliss-reactive ketones (excluding diaryl/α,β-unsaturated/α-hetero) is 1. The number of rotatable bonds is 6. The van der Waals surface area contributed by atoms with Gasteiger partial charge in [-0.05, 0) is 109 Å². The highest BCUT2D eigenvalue weighted by Crippen LogP contribution is 2.58. The zero-order chi connectivity index (χ0) is 38.3. The Balaban J connectivity index is 0.00000465. The number of aromatic nitrogens is 1. The van der Waals surface area contributed by atoms with Crippen LogP contribution in [-0.2, 0) is 40.4 Å². The summed E-state index contributed by atoms with van der Waals surface area (Å²) in [7, 11) is -3.93. The molecule has 0 bridgehead atoms. The first-order valence-electron chi connectivity index (χ1n) is 19.6. The van der Waals surface area contributed by atoms with E-state index < -0.39 is 55.2 Å². The Kier molecular flexibility index (Phi) is 10.2. The lowest BCUT2D eigenvalue weighted by Crippen LogP contribution is -2.48. The molecular weight excluding hydrogens is 742 g/mol. The van der Waals surface area contributed by atoms with Gasteiger partial charge in [0.2, 0.25) is 21.8 Å². The lowest BCUT2D eigenvalue weighted by Gasteiger charge is -2.36. The third kappa shape index (κ3) is 7.54. The number of pyridine rings is 1. The van der Waals surface area contributed by atoms with Crippen LogP contribution in [0.1, 0.15) is 122 Å². The second-order valence-corrected chi connectivity index (χ2v) is 20.2. The molecule has 1 spiro atoms. The molecule has 0 unspecified atom stereocenters. The summed E-state index contributed by atoms with van der Waals surface area (Å²) in [6.45, 7) is 5.54. The van der Waals surface area contributed by atoms with E-state index in [1.54, 1.807) is 17.9 Å². The zero-order valence-corrected chi connectivity index (χ0v) is 33.0. The average molecular weight is 796 g/mol. The molecular formula is C42H54ClN3O8S. The van der Waals surface area contributed by atoms with Crippen molar-refractivity contribution in [1.29, 1.82) is 0 Å². The maximum atomic E-state index is 14.8. The lowest BCUT2D eigenvalue weighted by atomic mass is 9.85. The zero-order valence-electron chi connectivity index (χ0n) is 31.4. The molecule has 3 aliphatic heterocycles. The fourth-order valence-corrected chi connectivity index (χ4v) is 10.4. The number of hydrogen-bond acceptors (Lipinski definition) is 9. The molecule has 1 saturated heterocycles. The monoisotopic (exact) mass is 795 g/mol. The van der Waals surface area contributed by atoms with Gasteiger partial charge in [-0.2, -0.15) is 0 Å². The average Bonchev–Trinajstić information content (AvgIpc) is 4.08. The number of nitrogens with one attached hydrogen (secondary N) is 1. The van der Waals surface area contributed by atoms with Gasteiger partial charge in [0.25, 0.3) is 0 Å². The summed E-state index contributed by atoms with van der Waals surface area (Å²) in [6, 6.07) is 4.64. The minimum Gasteiger partial charge on any atom is -0.483 e. The van der Waals surface area contributed by atoms with Crippen molar-refractivity contribution in [1.82, 2.24) is 14.6 Å². The van der Waals surface area contributed by atoms with E-state index in [0.29, 0.717) is 55.0 Å². The molecule has 6 aliphatic rings. The van der Waals surface area contributed by atoms with E-state index in [2.05, 4.69) is 4.72 Å². The van der Waals surface area contributed by atoms with Crippen LogP contribution in [0.3, 0.4) is 0 Å². The molecule has 1 N–H and O–H groups in total. The predicted molar refractivity (Wildman–Crippen MR) is 209 cm³/mol. The first-order chi connectivity index (χ1) is 25.5. The number of benzene rings is 1. The van der Waals surface area contributed by atoms with Crippen molar-refractivity contribution in [3.8, 4) is 5.75 Å². The van der Waals surface area contributed by atoms with Gasteiger partial charge in [0.15, 0.2) is 5.78 Å². The minimum absolute atomic E-state index is 0. The Morgan fingerprint density at radius 1 is 1.07 bits per heavy atom. The smallest absolute Gasteiger partial charge is 0.307 e. The van der Waals surface area contributed by atoms with Crippen LogP contribution in [0.5, 0.6) is 5.75 Å². The van der Waals surface area contributed by atoms with Gasteiger partial charge < -0.3 is 14.4 Å². The summed E-state index contributed by atoms with van der Waals surface area (Å²) in [5.74, 6) is -2.03. The molecule has 1 aromatic heterocycles. The molecule has 4 heterocycles. The number of carbonyl (C=O) groups excluding carboxylic acids is 4. The van der Waals surface area contributed by atoms with Crippen molar-refractivity contribution in [3.63, 3.8) is 0 Å². The first kappa shape index (κ1) is 39.7. The number of ether oxygens (including phenoxy) is 2. The second kappa shape index (κ2) is 14.1. The molecule has 13 heteroatoms. The number of nitrogens with zero attached hydrogens (tertiary/aromatic N) is 2. The van der Waals surface area contributed by atoms with E-state index in [9.17, 15) is 27.6 Å². The molecule has 3 aliphatic carbocycles. The van der Waals surface area contributed by atoms with Gasteiger partial charge in [0, 0.05) is 34.7 Å². The summed E-state index contributed by atoms with van der Waals surface area (Å²) in [5.41, 5.74) is -0.143. The molecule has 2 aromatic rings. The van der Waals surface area contributed by atoms with E-state index in [1.807, 2.05) is 38.1 Å². The van der Waals surface area contributed by atoms with E-state index in [0.717, 1.165) is 55.0 Å². The van der Waals surface area contributed by atoms with Gasteiger partial charge in [-0.15, -0.1) is 0 Å². The van der Waals surface area contributed by atoms with Gasteiger partial charge in [-0.1, -0.05) is 44.0 Å². The van der Waals surface area contributed by atoms with Crippen LogP contribution in [0.2, 0.25) is 5.02 Å². The topological polar surface area (TPSA) is 149 Å². The molecule has 0 radical (unpaired) electrons.